The molecule has 0 bridgehead atoms. The summed E-state index contributed by atoms with van der Waals surface area (Å²) in [6, 6.07) is 2.58. The number of anilines is 2. The van der Waals surface area contributed by atoms with Crippen molar-refractivity contribution in [2.45, 2.75) is 18.0 Å². The van der Waals surface area contributed by atoms with Gasteiger partial charge in [0.05, 0.1) is 0 Å². The highest BCUT2D eigenvalue weighted by Crippen LogP contribution is 2.40. The summed E-state index contributed by atoms with van der Waals surface area (Å²) in [5, 5.41) is 26.0. The van der Waals surface area contributed by atoms with E-state index in [0.717, 1.165) is 28.4 Å². The van der Waals surface area contributed by atoms with E-state index < -0.39 is 34.9 Å². The van der Waals surface area contributed by atoms with Crippen LogP contribution in [0.15, 0.2) is 46.3 Å². The zero-order valence-corrected chi connectivity index (χ0v) is 21.1. The number of nitrogens with zero attached hydrogens (tertiary/aromatic N) is 6. The first-order valence-corrected chi connectivity index (χ1v) is 13.2. The van der Waals surface area contributed by atoms with Gasteiger partial charge in [-0.05, 0) is 0 Å². The number of thioether (sulfide) groups is 1. The third-order valence-electron chi connectivity index (χ3n) is 5.58. The van der Waals surface area contributed by atoms with Crippen molar-refractivity contribution in [2.75, 3.05) is 17.2 Å². The van der Waals surface area contributed by atoms with E-state index in [1.165, 1.54) is 22.0 Å². The Labute approximate surface area is 220 Å². The number of hydrogen-bond acceptors (Lipinski definition) is 13. The number of carbonyl (C=O) groups is 3. The normalized spacial score (nSPS) is 19.4. The molecular formula is C20H18N9O5S3+. The van der Waals surface area contributed by atoms with Crippen molar-refractivity contribution in [3.8, 4) is 11.4 Å². The van der Waals surface area contributed by atoms with Gasteiger partial charge in [-0.3, -0.25) is 14.5 Å². The number of fused-ring (bicyclic) bond motifs is 1. The van der Waals surface area contributed by atoms with Crippen LogP contribution in [0.5, 0.6) is 0 Å². The molecule has 190 valence electrons. The molecule has 0 spiro atoms. The van der Waals surface area contributed by atoms with Gasteiger partial charge in [0.15, 0.2) is 40.7 Å². The molecule has 0 unspecified atom stereocenters. The first kappa shape index (κ1) is 24.6. The predicted molar refractivity (Wildman–Crippen MR) is 134 cm³/mol. The van der Waals surface area contributed by atoms with Crippen molar-refractivity contribution in [1.29, 1.82) is 0 Å². The van der Waals surface area contributed by atoms with E-state index in [9.17, 15) is 24.7 Å². The number of pyridine rings is 1. The molecule has 17 heteroatoms. The molecule has 37 heavy (non-hydrogen) atoms. The van der Waals surface area contributed by atoms with Crippen LogP contribution >= 0.6 is 34.6 Å². The van der Waals surface area contributed by atoms with Crippen molar-refractivity contribution < 1.29 is 29.3 Å². The van der Waals surface area contributed by atoms with Gasteiger partial charge in [-0.2, -0.15) is 9.36 Å². The molecule has 0 saturated carbocycles. The maximum absolute atomic E-state index is 12.9. The van der Waals surface area contributed by atoms with Gasteiger partial charge in [-0.1, -0.05) is 5.16 Å². The van der Waals surface area contributed by atoms with Crippen molar-refractivity contribution in [2.24, 2.45) is 5.16 Å². The van der Waals surface area contributed by atoms with E-state index in [1.54, 1.807) is 29.1 Å². The Morgan fingerprint density at radius 1 is 1.24 bits per heavy atom. The van der Waals surface area contributed by atoms with Crippen molar-refractivity contribution in [1.82, 2.24) is 24.6 Å². The minimum atomic E-state index is -1.24. The largest absolute Gasteiger partial charge is 0.477 e. The van der Waals surface area contributed by atoms with Gasteiger partial charge < -0.3 is 27.1 Å². The Morgan fingerprint density at radius 3 is 2.59 bits per heavy atom. The summed E-state index contributed by atoms with van der Waals surface area (Å²) in [6.45, 7) is 0.238. The van der Waals surface area contributed by atoms with Crippen LogP contribution in [-0.2, 0) is 20.9 Å². The van der Waals surface area contributed by atoms with E-state index in [2.05, 4.69) is 24.8 Å². The molecule has 3 aromatic heterocycles. The lowest BCUT2D eigenvalue weighted by Gasteiger charge is -2.49. The number of carboxylic acid groups (broad SMARTS) is 1. The van der Waals surface area contributed by atoms with E-state index in [1.807, 2.05) is 0 Å². The highest BCUT2D eigenvalue weighted by Gasteiger charge is 2.54. The molecule has 2 amide bonds. The Hall–Kier alpha value is -4.09. The van der Waals surface area contributed by atoms with E-state index in [4.69, 9.17) is 11.5 Å². The van der Waals surface area contributed by atoms with Gasteiger partial charge in [-0.25, -0.2) is 14.3 Å². The molecule has 7 N–H and O–H groups in total. The summed E-state index contributed by atoms with van der Waals surface area (Å²) in [5.41, 5.74) is 12.1. The summed E-state index contributed by atoms with van der Waals surface area (Å²) in [6.07, 6.45) is 3.52. The van der Waals surface area contributed by atoms with Gasteiger partial charge in [-0.15, -0.1) is 23.1 Å². The molecule has 5 heterocycles. The minimum Gasteiger partial charge on any atom is -0.477 e. The number of oxime groups is 1. The van der Waals surface area contributed by atoms with Gasteiger partial charge >= 0.3 is 5.97 Å². The summed E-state index contributed by atoms with van der Waals surface area (Å²) >= 11 is 3.48. The molecule has 5 rings (SSSR count). The lowest BCUT2D eigenvalue weighted by molar-refractivity contribution is -0.689. The van der Waals surface area contributed by atoms with Crippen LogP contribution in [0.2, 0.25) is 0 Å². The second kappa shape index (κ2) is 9.75. The fraction of sp³-hybridized carbons (Fsp3) is 0.200. The first-order valence-electron chi connectivity index (χ1n) is 10.5. The number of aliphatic carboxylic acids is 1. The molecule has 2 aliphatic rings. The van der Waals surface area contributed by atoms with E-state index in [-0.39, 0.29) is 23.1 Å². The molecule has 2 aliphatic heterocycles. The number of nitrogens with two attached hydrogens (primary N) is 2. The van der Waals surface area contributed by atoms with Crippen LogP contribution < -0.4 is 21.4 Å². The Bertz CT molecular complexity index is 1470. The summed E-state index contributed by atoms with van der Waals surface area (Å²) in [5.74, 6) is -1.82. The molecule has 14 nitrogen and oxygen atoms in total. The SMILES string of the molecule is Nc1nc(C(=NO)C(=O)N[C@@H]2C(=O)N3C(C(=O)O)=C(C[n+]4ccc(-c5nsc(N)n5)cc4)CS[C@@H]23)cs1. The predicted octanol–water partition coefficient (Wildman–Crippen LogP) is -0.269. The number of hydrogen-bond donors (Lipinski definition) is 5. The molecule has 2 atom stereocenters. The molecule has 0 radical (unpaired) electrons. The highest BCUT2D eigenvalue weighted by atomic mass is 32.2. The van der Waals surface area contributed by atoms with Gasteiger partial charge in [0, 0.05) is 45.9 Å². The summed E-state index contributed by atoms with van der Waals surface area (Å²) < 4.78 is 5.95. The average Bonchev–Trinajstić information content (AvgIpc) is 3.51. The topological polar surface area (TPSA) is 214 Å². The fourth-order valence-electron chi connectivity index (χ4n) is 3.91. The van der Waals surface area contributed by atoms with Gasteiger partial charge in [0.25, 0.3) is 11.8 Å². The summed E-state index contributed by atoms with van der Waals surface area (Å²) in [4.78, 5) is 47.0. The van der Waals surface area contributed by atoms with Crippen LogP contribution in [0.3, 0.4) is 0 Å². The van der Waals surface area contributed by atoms with Crippen LogP contribution in [0.25, 0.3) is 11.4 Å². The Morgan fingerprint density at radius 2 is 2.00 bits per heavy atom. The number of β-lactam (4-membered cyclic amide) rings is 1. The standard InChI is InChI=1S/C20H17N9O5S3/c21-19-23-10(7-36-19)11(26-34)15(30)24-12-16(31)29-13(18(32)33)9(6-35-17(12)29)5-28-3-1-8(2-4-28)14-25-20(22)37-27-14/h1-4,7,12,17H,5-6H2,(H6-,21,22,23,24,25,27,30,32,33,34)/p+1/t12-,17+/m1/s1. The van der Waals surface area contributed by atoms with Crippen LogP contribution in [-0.4, -0.2) is 70.2 Å². The number of aromatic nitrogens is 4. The van der Waals surface area contributed by atoms with Crippen LogP contribution in [0.4, 0.5) is 10.3 Å². The number of nitrogen functional groups attached to an aromatic ring is 2. The maximum Gasteiger partial charge on any atom is 0.352 e. The van der Waals surface area contributed by atoms with Gasteiger partial charge in [0.1, 0.15) is 22.8 Å². The first-order chi connectivity index (χ1) is 17.8. The number of nitrogens with one attached hydrogen (secondary N) is 1. The number of rotatable bonds is 7. The number of carbonyl (C=O) groups excluding carboxylic acids is 2. The monoisotopic (exact) mass is 560 g/mol. The molecule has 3 aromatic rings. The lowest BCUT2D eigenvalue weighted by atomic mass is 10.0. The third-order valence-corrected chi connectivity index (χ3v) is 8.14. The van der Waals surface area contributed by atoms with Crippen molar-refractivity contribution in [3.05, 3.63) is 46.9 Å². The number of carboxylic acids is 1. The van der Waals surface area contributed by atoms with Crippen molar-refractivity contribution in [3.63, 3.8) is 0 Å². The second-order valence-electron chi connectivity index (χ2n) is 7.85. The molecule has 1 saturated heterocycles. The second-order valence-corrected chi connectivity index (χ2v) is 10.6. The van der Waals surface area contributed by atoms with Crippen LogP contribution in [0.1, 0.15) is 5.69 Å². The smallest absolute Gasteiger partial charge is 0.352 e. The van der Waals surface area contributed by atoms with Crippen LogP contribution in [0, 0.1) is 0 Å². The quantitative estimate of drug-likeness (QED) is 0.0833. The van der Waals surface area contributed by atoms with E-state index in [0.29, 0.717) is 22.3 Å². The Balaban J connectivity index is 1.31. The molecular weight excluding hydrogens is 542 g/mol. The average molecular weight is 561 g/mol. The lowest BCUT2D eigenvalue weighted by Crippen LogP contribution is -2.71. The fourth-order valence-corrected chi connectivity index (χ4v) is 6.24. The summed E-state index contributed by atoms with van der Waals surface area (Å²) in [7, 11) is 0. The van der Waals surface area contributed by atoms with Gasteiger partial charge in [0.2, 0.25) is 0 Å². The zero-order chi connectivity index (χ0) is 26.3. The Kier molecular flexibility index (Phi) is 6.48. The molecule has 0 aliphatic carbocycles. The van der Waals surface area contributed by atoms with Crippen molar-refractivity contribution >= 4 is 68.4 Å². The maximum atomic E-state index is 12.9. The molecule has 1 fully saturated rings. The zero-order valence-electron chi connectivity index (χ0n) is 18.6. The number of amides is 2. The van der Waals surface area contributed by atoms with E-state index >= 15 is 0 Å². The molecule has 0 aromatic carbocycles. The third kappa shape index (κ3) is 4.58. The number of thiazole rings is 1. The minimum absolute atomic E-state index is 0.0629. The highest BCUT2D eigenvalue weighted by molar-refractivity contribution is 8.00.